The van der Waals surface area contributed by atoms with Crippen LogP contribution in [0.1, 0.15) is 89.5 Å². The van der Waals surface area contributed by atoms with E-state index in [1.54, 1.807) is 11.1 Å². The van der Waals surface area contributed by atoms with Gasteiger partial charge in [0.05, 0.1) is 0 Å². The van der Waals surface area contributed by atoms with Gasteiger partial charge in [-0.25, -0.2) is 0 Å². The lowest BCUT2D eigenvalue weighted by Gasteiger charge is -2.22. The highest BCUT2D eigenvalue weighted by Gasteiger charge is 2.42. The van der Waals surface area contributed by atoms with Gasteiger partial charge in [-0.15, -0.1) is 0 Å². The van der Waals surface area contributed by atoms with E-state index in [1.165, 1.54) is 11.1 Å². The van der Waals surface area contributed by atoms with Crippen molar-refractivity contribution >= 4 is 0 Å². The number of rotatable bonds is 5. The van der Waals surface area contributed by atoms with Crippen molar-refractivity contribution < 1.29 is 0 Å². The smallest absolute Gasteiger partial charge is 0.0105 e. The molecule has 2 aliphatic carbocycles. The fraction of sp³-hybridized carbons (Fsp3) is 0.625. The van der Waals surface area contributed by atoms with E-state index >= 15 is 0 Å². The number of aryl methyl sites for hydroxylation is 2. The van der Waals surface area contributed by atoms with Crippen LogP contribution < -0.4 is 0 Å². The van der Waals surface area contributed by atoms with E-state index in [0.29, 0.717) is 11.8 Å². The Kier molecular flexibility index (Phi) is 6.90. The maximum absolute atomic E-state index is 2.46. The number of benzene rings is 2. The maximum atomic E-state index is 2.46. The van der Waals surface area contributed by atoms with E-state index in [2.05, 4.69) is 104 Å². The Morgan fingerprint density at radius 2 is 0.625 bits per heavy atom. The molecular weight excluding hydrogens is 384 g/mol. The predicted octanol–water partition coefficient (Wildman–Crippen LogP) is 8.76. The molecule has 8 unspecified atom stereocenters. The normalized spacial score (nSPS) is 39.5. The highest BCUT2D eigenvalue weighted by Crippen LogP contribution is 2.51. The molecule has 0 saturated heterocycles. The van der Waals surface area contributed by atoms with Crippen LogP contribution in [0, 0.1) is 47.3 Å². The van der Waals surface area contributed by atoms with E-state index in [0.717, 1.165) is 60.2 Å². The zero-order valence-corrected chi connectivity index (χ0v) is 21.8. The molecule has 2 aliphatic rings. The predicted molar refractivity (Wildman–Crippen MR) is 139 cm³/mol. The molecule has 8 atom stereocenters. The van der Waals surface area contributed by atoms with Gasteiger partial charge in [-0.2, -0.15) is 0 Å². The number of hydrogen-bond acceptors (Lipinski definition) is 0. The molecule has 0 spiro atoms. The van der Waals surface area contributed by atoms with E-state index in [1.807, 2.05) is 0 Å². The first-order valence-electron chi connectivity index (χ1n) is 13.4. The van der Waals surface area contributed by atoms with Gasteiger partial charge >= 0.3 is 0 Å². The molecule has 2 fully saturated rings. The van der Waals surface area contributed by atoms with Crippen molar-refractivity contribution in [1.82, 2.24) is 0 Å². The van der Waals surface area contributed by atoms with Crippen LogP contribution in [0.3, 0.4) is 0 Å². The minimum Gasteiger partial charge on any atom is -0.0620 e. The van der Waals surface area contributed by atoms with Crippen molar-refractivity contribution in [3.63, 3.8) is 0 Å². The molecule has 2 aromatic carbocycles. The van der Waals surface area contributed by atoms with Crippen LogP contribution in [-0.2, 0) is 12.8 Å². The summed E-state index contributed by atoms with van der Waals surface area (Å²) < 4.78 is 0. The standard InChI is InChI=1S/C32H46/c1-19-20(2)24(6)31(23(19)5)29-15-11-27(12-16-29)9-10-28-13-17-30(18-14-28)32-25(7)21(3)22(4)26(32)8/h11-26,31-32H,9-10H2,1-8H3. The van der Waals surface area contributed by atoms with Crippen molar-refractivity contribution in [3.8, 4) is 0 Å². The second-order valence-electron chi connectivity index (χ2n) is 11.9. The van der Waals surface area contributed by atoms with Gasteiger partial charge in [0.2, 0.25) is 0 Å². The third-order valence-corrected chi connectivity index (χ3v) is 10.7. The Balaban J connectivity index is 1.37. The Labute approximate surface area is 198 Å². The van der Waals surface area contributed by atoms with Gasteiger partial charge in [0.15, 0.2) is 0 Å². The molecule has 0 aliphatic heterocycles. The molecule has 0 N–H and O–H groups in total. The SMILES string of the molecule is CC1C(C)C(C)C(c2ccc(CCc3ccc(C4C(C)C(C)C(C)C4C)cc3)cc2)C1C. The van der Waals surface area contributed by atoms with Gasteiger partial charge in [-0.1, -0.05) is 104 Å². The van der Waals surface area contributed by atoms with Crippen LogP contribution in [-0.4, -0.2) is 0 Å². The fourth-order valence-electron chi connectivity index (χ4n) is 7.50. The fourth-order valence-corrected chi connectivity index (χ4v) is 7.50. The topological polar surface area (TPSA) is 0 Å². The van der Waals surface area contributed by atoms with Crippen molar-refractivity contribution in [2.45, 2.75) is 80.1 Å². The molecule has 32 heavy (non-hydrogen) atoms. The number of hydrogen-bond donors (Lipinski definition) is 0. The molecule has 0 nitrogen and oxygen atoms in total. The van der Waals surface area contributed by atoms with Crippen molar-refractivity contribution in [2.75, 3.05) is 0 Å². The molecule has 0 heteroatoms. The molecule has 2 saturated carbocycles. The van der Waals surface area contributed by atoms with Gasteiger partial charge in [-0.3, -0.25) is 0 Å². The summed E-state index contributed by atoms with van der Waals surface area (Å²) in [6.07, 6.45) is 2.26. The Morgan fingerprint density at radius 1 is 0.375 bits per heavy atom. The first kappa shape index (κ1) is 23.6. The second kappa shape index (κ2) is 9.36. The molecule has 0 heterocycles. The third kappa shape index (κ3) is 4.20. The maximum Gasteiger partial charge on any atom is -0.0105 e. The highest BCUT2D eigenvalue weighted by atomic mass is 14.5. The van der Waals surface area contributed by atoms with Crippen LogP contribution in [0.15, 0.2) is 48.5 Å². The largest absolute Gasteiger partial charge is 0.0620 e. The highest BCUT2D eigenvalue weighted by molar-refractivity contribution is 5.31. The molecule has 4 rings (SSSR count). The van der Waals surface area contributed by atoms with Crippen LogP contribution in [0.5, 0.6) is 0 Å². The molecule has 0 aromatic heterocycles. The molecule has 0 amide bonds. The van der Waals surface area contributed by atoms with Gasteiger partial charge in [-0.05, 0) is 94.3 Å². The Bertz CT molecular complexity index is 772. The zero-order valence-electron chi connectivity index (χ0n) is 21.8. The summed E-state index contributed by atoms with van der Waals surface area (Å²) in [6, 6.07) is 19.3. The summed E-state index contributed by atoms with van der Waals surface area (Å²) in [5, 5.41) is 0. The summed E-state index contributed by atoms with van der Waals surface area (Å²) in [7, 11) is 0. The Morgan fingerprint density at radius 3 is 0.875 bits per heavy atom. The molecule has 174 valence electrons. The van der Waals surface area contributed by atoms with E-state index in [4.69, 9.17) is 0 Å². The summed E-state index contributed by atoms with van der Waals surface area (Å²) in [4.78, 5) is 0. The summed E-state index contributed by atoms with van der Waals surface area (Å²) in [5.41, 5.74) is 6.05. The van der Waals surface area contributed by atoms with Crippen LogP contribution in [0.4, 0.5) is 0 Å². The minimum atomic E-state index is 0.715. The lowest BCUT2D eigenvalue weighted by Crippen LogP contribution is -2.11. The Hall–Kier alpha value is -1.56. The lowest BCUT2D eigenvalue weighted by atomic mass is 9.82. The van der Waals surface area contributed by atoms with Crippen LogP contribution in [0.2, 0.25) is 0 Å². The van der Waals surface area contributed by atoms with Gasteiger partial charge in [0.1, 0.15) is 0 Å². The average Bonchev–Trinajstić information content (AvgIpc) is 3.11. The van der Waals surface area contributed by atoms with Gasteiger partial charge < -0.3 is 0 Å². The third-order valence-electron chi connectivity index (χ3n) is 10.7. The lowest BCUT2D eigenvalue weighted by molar-refractivity contribution is 0.352. The summed E-state index contributed by atoms with van der Waals surface area (Å²) >= 11 is 0. The van der Waals surface area contributed by atoms with Crippen LogP contribution in [0.25, 0.3) is 0 Å². The summed E-state index contributed by atoms with van der Waals surface area (Å²) in [5.74, 6) is 7.82. The molecule has 0 bridgehead atoms. The van der Waals surface area contributed by atoms with Gasteiger partial charge in [0.25, 0.3) is 0 Å². The van der Waals surface area contributed by atoms with E-state index < -0.39 is 0 Å². The minimum absolute atomic E-state index is 0.715. The summed E-state index contributed by atoms with van der Waals surface area (Å²) in [6.45, 7) is 19.6. The first-order valence-corrected chi connectivity index (χ1v) is 13.4. The van der Waals surface area contributed by atoms with E-state index in [9.17, 15) is 0 Å². The molecular formula is C32H46. The van der Waals surface area contributed by atoms with Crippen molar-refractivity contribution in [1.29, 1.82) is 0 Å². The second-order valence-corrected chi connectivity index (χ2v) is 11.9. The molecule has 0 radical (unpaired) electrons. The quantitative estimate of drug-likeness (QED) is 0.445. The van der Waals surface area contributed by atoms with Crippen molar-refractivity contribution in [2.24, 2.45) is 47.3 Å². The van der Waals surface area contributed by atoms with Gasteiger partial charge in [0, 0.05) is 0 Å². The average molecular weight is 431 g/mol. The monoisotopic (exact) mass is 430 g/mol. The zero-order chi connectivity index (χ0) is 23.2. The van der Waals surface area contributed by atoms with Crippen molar-refractivity contribution in [3.05, 3.63) is 70.8 Å². The molecule has 2 aromatic rings. The van der Waals surface area contributed by atoms with E-state index in [-0.39, 0.29) is 0 Å². The first-order chi connectivity index (χ1) is 15.2. The van der Waals surface area contributed by atoms with Crippen LogP contribution >= 0.6 is 0 Å².